The maximum atomic E-state index is 12.4. The van der Waals surface area contributed by atoms with Gasteiger partial charge < -0.3 is 10.6 Å². The largest absolute Gasteiger partial charge is 0.340 e. The van der Waals surface area contributed by atoms with Crippen molar-refractivity contribution in [3.8, 4) is 0 Å². The Kier molecular flexibility index (Phi) is 4.51. The first-order valence-electron chi connectivity index (χ1n) is 7.68. The molecule has 0 saturated carbocycles. The first kappa shape index (κ1) is 14.8. The summed E-state index contributed by atoms with van der Waals surface area (Å²) >= 11 is 0. The molecule has 2 saturated heterocycles. The molecule has 4 heteroatoms. The standard InChI is InChI=1S/C15H29N3O/c1-15(2,3)13(16)14(19)18-10-7-12(11-18)17-8-5-4-6-9-17/h12-13H,4-11,16H2,1-3H3/t12?,13-/m1/s1. The number of nitrogens with two attached hydrogens (primary N) is 1. The summed E-state index contributed by atoms with van der Waals surface area (Å²) in [6, 6.07) is 0.184. The molecule has 0 spiro atoms. The highest BCUT2D eigenvalue weighted by molar-refractivity contribution is 5.82. The molecule has 0 aromatic carbocycles. The third-order valence-electron chi connectivity index (χ3n) is 4.58. The summed E-state index contributed by atoms with van der Waals surface area (Å²) in [4.78, 5) is 17.0. The van der Waals surface area contributed by atoms with Gasteiger partial charge in [0.25, 0.3) is 0 Å². The Labute approximate surface area is 117 Å². The van der Waals surface area contributed by atoms with Crippen LogP contribution in [0.5, 0.6) is 0 Å². The van der Waals surface area contributed by atoms with Crippen molar-refractivity contribution in [2.24, 2.45) is 11.1 Å². The van der Waals surface area contributed by atoms with Crippen LogP contribution in [0, 0.1) is 5.41 Å². The molecular formula is C15H29N3O. The van der Waals surface area contributed by atoms with E-state index in [1.807, 2.05) is 25.7 Å². The predicted molar refractivity (Wildman–Crippen MR) is 77.8 cm³/mol. The molecule has 1 unspecified atom stereocenters. The predicted octanol–water partition coefficient (Wildman–Crippen LogP) is 1.45. The normalized spacial score (nSPS) is 27.6. The van der Waals surface area contributed by atoms with Crippen LogP contribution < -0.4 is 5.73 Å². The summed E-state index contributed by atoms with van der Waals surface area (Å²) in [6.45, 7) is 10.3. The number of carbonyl (C=O) groups excluding carboxylic acids is 1. The first-order chi connectivity index (χ1) is 8.89. The summed E-state index contributed by atoms with van der Waals surface area (Å²) in [5.41, 5.74) is 5.94. The second kappa shape index (κ2) is 5.80. The molecule has 2 aliphatic rings. The molecular weight excluding hydrogens is 238 g/mol. The van der Waals surface area contributed by atoms with Crippen LogP contribution in [0.4, 0.5) is 0 Å². The van der Waals surface area contributed by atoms with Crippen molar-refractivity contribution >= 4 is 5.91 Å². The van der Waals surface area contributed by atoms with Gasteiger partial charge in [0.05, 0.1) is 6.04 Å². The maximum Gasteiger partial charge on any atom is 0.240 e. The van der Waals surface area contributed by atoms with Crippen LogP contribution in [0.15, 0.2) is 0 Å². The Morgan fingerprint density at radius 3 is 2.37 bits per heavy atom. The molecule has 2 atom stereocenters. The number of piperidine rings is 1. The van der Waals surface area contributed by atoms with Crippen LogP contribution in [-0.2, 0) is 4.79 Å². The van der Waals surface area contributed by atoms with Crippen LogP contribution in [-0.4, -0.2) is 54.0 Å². The van der Waals surface area contributed by atoms with Crippen molar-refractivity contribution in [2.45, 2.75) is 58.5 Å². The third kappa shape index (κ3) is 3.48. The van der Waals surface area contributed by atoms with Gasteiger partial charge in [0.1, 0.15) is 0 Å². The van der Waals surface area contributed by atoms with E-state index in [-0.39, 0.29) is 17.4 Å². The van der Waals surface area contributed by atoms with Gasteiger partial charge in [0, 0.05) is 19.1 Å². The van der Waals surface area contributed by atoms with E-state index in [0.717, 1.165) is 19.5 Å². The van der Waals surface area contributed by atoms with Crippen molar-refractivity contribution < 1.29 is 4.79 Å². The molecule has 2 N–H and O–H groups in total. The van der Waals surface area contributed by atoms with Gasteiger partial charge in [0.15, 0.2) is 0 Å². The zero-order valence-electron chi connectivity index (χ0n) is 12.7. The minimum absolute atomic E-state index is 0.131. The van der Waals surface area contributed by atoms with E-state index in [1.165, 1.54) is 32.4 Å². The highest BCUT2D eigenvalue weighted by Gasteiger charge is 2.36. The second-order valence-corrected chi connectivity index (χ2v) is 7.17. The molecule has 1 amide bonds. The highest BCUT2D eigenvalue weighted by Crippen LogP contribution is 2.24. The quantitative estimate of drug-likeness (QED) is 0.824. The Hall–Kier alpha value is -0.610. The lowest BCUT2D eigenvalue weighted by Crippen LogP contribution is -2.50. The van der Waals surface area contributed by atoms with E-state index in [2.05, 4.69) is 4.90 Å². The topological polar surface area (TPSA) is 49.6 Å². The second-order valence-electron chi connectivity index (χ2n) is 7.17. The maximum absolute atomic E-state index is 12.4. The minimum atomic E-state index is -0.382. The van der Waals surface area contributed by atoms with E-state index >= 15 is 0 Å². The van der Waals surface area contributed by atoms with Crippen molar-refractivity contribution in [3.05, 3.63) is 0 Å². The monoisotopic (exact) mass is 267 g/mol. The lowest BCUT2D eigenvalue weighted by atomic mass is 9.86. The fraction of sp³-hybridized carbons (Fsp3) is 0.933. The average Bonchev–Trinajstić information content (AvgIpc) is 2.86. The van der Waals surface area contributed by atoms with E-state index < -0.39 is 0 Å². The number of rotatable bonds is 2. The molecule has 2 aliphatic heterocycles. The fourth-order valence-corrected chi connectivity index (χ4v) is 3.09. The van der Waals surface area contributed by atoms with Gasteiger partial charge in [-0.3, -0.25) is 9.69 Å². The molecule has 0 aromatic heterocycles. The molecule has 0 radical (unpaired) electrons. The van der Waals surface area contributed by atoms with Gasteiger partial charge in [0.2, 0.25) is 5.91 Å². The number of carbonyl (C=O) groups is 1. The lowest BCUT2D eigenvalue weighted by molar-refractivity contribution is -0.134. The van der Waals surface area contributed by atoms with Crippen molar-refractivity contribution in [3.63, 3.8) is 0 Å². The molecule has 0 bridgehead atoms. The van der Waals surface area contributed by atoms with Gasteiger partial charge >= 0.3 is 0 Å². The Bertz CT molecular complexity index is 318. The molecule has 110 valence electrons. The van der Waals surface area contributed by atoms with Gasteiger partial charge in [-0.05, 0) is 37.8 Å². The SMILES string of the molecule is CC(C)(C)[C@H](N)C(=O)N1CCC(N2CCCCC2)C1. The zero-order chi connectivity index (χ0) is 14.0. The Morgan fingerprint density at radius 1 is 1.16 bits per heavy atom. The summed E-state index contributed by atoms with van der Waals surface area (Å²) in [7, 11) is 0. The van der Waals surface area contributed by atoms with Gasteiger partial charge in [-0.15, -0.1) is 0 Å². The van der Waals surface area contributed by atoms with Crippen molar-refractivity contribution in [1.82, 2.24) is 9.80 Å². The third-order valence-corrected chi connectivity index (χ3v) is 4.58. The van der Waals surface area contributed by atoms with Gasteiger partial charge in [-0.2, -0.15) is 0 Å². The van der Waals surface area contributed by atoms with Crippen LogP contribution in [0.1, 0.15) is 46.5 Å². The lowest BCUT2D eigenvalue weighted by Gasteiger charge is -2.33. The number of nitrogens with zero attached hydrogens (tertiary/aromatic N) is 2. The van der Waals surface area contributed by atoms with Crippen LogP contribution in [0.2, 0.25) is 0 Å². The molecule has 0 aliphatic carbocycles. The van der Waals surface area contributed by atoms with Crippen molar-refractivity contribution in [2.75, 3.05) is 26.2 Å². The smallest absolute Gasteiger partial charge is 0.240 e. The van der Waals surface area contributed by atoms with Crippen LogP contribution >= 0.6 is 0 Å². The van der Waals surface area contributed by atoms with E-state index in [4.69, 9.17) is 5.73 Å². The molecule has 4 nitrogen and oxygen atoms in total. The number of hydrogen-bond acceptors (Lipinski definition) is 3. The summed E-state index contributed by atoms with van der Waals surface area (Å²) in [6.07, 6.45) is 5.10. The first-order valence-corrected chi connectivity index (χ1v) is 7.68. The number of likely N-dealkylation sites (tertiary alicyclic amines) is 2. The van der Waals surface area contributed by atoms with E-state index in [0.29, 0.717) is 6.04 Å². The van der Waals surface area contributed by atoms with Crippen molar-refractivity contribution in [1.29, 1.82) is 0 Å². The number of hydrogen-bond donors (Lipinski definition) is 1. The van der Waals surface area contributed by atoms with E-state index in [1.54, 1.807) is 0 Å². The minimum Gasteiger partial charge on any atom is -0.340 e. The Balaban J connectivity index is 1.89. The highest BCUT2D eigenvalue weighted by atomic mass is 16.2. The van der Waals surface area contributed by atoms with Crippen LogP contribution in [0.3, 0.4) is 0 Å². The molecule has 2 fully saturated rings. The van der Waals surface area contributed by atoms with E-state index in [9.17, 15) is 4.79 Å². The molecule has 0 aromatic rings. The average molecular weight is 267 g/mol. The van der Waals surface area contributed by atoms with Crippen LogP contribution in [0.25, 0.3) is 0 Å². The zero-order valence-corrected chi connectivity index (χ0v) is 12.7. The summed E-state index contributed by atoms with van der Waals surface area (Å²) in [5.74, 6) is 0.131. The summed E-state index contributed by atoms with van der Waals surface area (Å²) in [5, 5.41) is 0. The van der Waals surface area contributed by atoms with Gasteiger partial charge in [-0.1, -0.05) is 27.2 Å². The molecule has 2 heterocycles. The Morgan fingerprint density at radius 2 is 1.79 bits per heavy atom. The number of amides is 1. The fourth-order valence-electron chi connectivity index (χ4n) is 3.09. The summed E-state index contributed by atoms with van der Waals surface area (Å²) < 4.78 is 0. The molecule has 19 heavy (non-hydrogen) atoms. The van der Waals surface area contributed by atoms with Gasteiger partial charge in [-0.25, -0.2) is 0 Å². The molecule has 2 rings (SSSR count).